The van der Waals surface area contributed by atoms with Crippen LogP contribution in [0.25, 0.3) is 0 Å². The van der Waals surface area contributed by atoms with Crippen LogP contribution in [0.2, 0.25) is 0 Å². The maximum Gasteiger partial charge on any atom is 0.315 e. The molecular formula is C9H15N3O4. The Morgan fingerprint density at radius 3 is 2.75 bits per heavy atom. The third kappa shape index (κ3) is 3.41. The molecule has 1 aliphatic heterocycles. The Morgan fingerprint density at radius 2 is 2.25 bits per heavy atom. The van der Waals surface area contributed by atoms with Crippen molar-refractivity contribution in [3.8, 4) is 0 Å². The largest absolute Gasteiger partial charge is 0.481 e. The lowest BCUT2D eigenvalue weighted by Gasteiger charge is -2.12. The van der Waals surface area contributed by atoms with Gasteiger partial charge in [0.05, 0.1) is 6.42 Å². The Balaban J connectivity index is 2.24. The van der Waals surface area contributed by atoms with E-state index in [0.717, 1.165) is 0 Å². The first kappa shape index (κ1) is 12.3. The fourth-order valence-corrected chi connectivity index (χ4v) is 1.45. The van der Waals surface area contributed by atoms with Crippen LogP contribution in [-0.4, -0.2) is 54.1 Å². The minimum absolute atomic E-state index is 0.0535. The SMILES string of the molecule is CN1CCC(NC(=O)NCCC(=O)O)C1=O. The van der Waals surface area contributed by atoms with E-state index in [1.807, 2.05) is 0 Å². The number of carbonyl (C=O) groups excluding carboxylic acids is 2. The molecule has 0 saturated carbocycles. The molecule has 1 unspecified atom stereocenters. The van der Waals surface area contributed by atoms with Crippen LogP contribution in [0.4, 0.5) is 4.79 Å². The number of carboxylic acids is 1. The highest BCUT2D eigenvalue weighted by molar-refractivity contribution is 5.88. The maximum atomic E-state index is 11.4. The summed E-state index contributed by atoms with van der Waals surface area (Å²) in [6, 6.07) is -0.996. The third-order valence-electron chi connectivity index (χ3n) is 2.36. The standard InChI is InChI=1S/C9H15N3O4/c1-12-5-3-6(8(12)15)11-9(16)10-4-2-7(13)14/h6H,2-5H2,1H3,(H,13,14)(H2,10,11,16). The molecule has 3 N–H and O–H groups in total. The summed E-state index contributed by atoms with van der Waals surface area (Å²) in [5, 5.41) is 13.2. The Hall–Kier alpha value is -1.79. The molecule has 1 heterocycles. The van der Waals surface area contributed by atoms with E-state index < -0.39 is 18.0 Å². The van der Waals surface area contributed by atoms with Gasteiger partial charge in [0.15, 0.2) is 0 Å². The van der Waals surface area contributed by atoms with E-state index in [1.165, 1.54) is 0 Å². The molecule has 1 saturated heterocycles. The molecule has 7 heteroatoms. The van der Waals surface area contributed by atoms with Gasteiger partial charge in [-0.25, -0.2) is 4.79 Å². The van der Waals surface area contributed by atoms with Crippen LogP contribution < -0.4 is 10.6 Å². The van der Waals surface area contributed by atoms with Gasteiger partial charge in [0, 0.05) is 20.1 Å². The minimum Gasteiger partial charge on any atom is -0.481 e. The third-order valence-corrected chi connectivity index (χ3v) is 2.36. The van der Waals surface area contributed by atoms with Crippen LogP contribution in [0.1, 0.15) is 12.8 Å². The van der Waals surface area contributed by atoms with Gasteiger partial charge in [-0.3, -0.25) is 9.59 Å². The number of nitrogens with one attached hydrogen (secondary N) is 2. The second-order valence-corrected chi connectivity index (χ2v) is 3.65. The van der Waals surface area contributed by atoms with Gasteiger partial charge < -0.3 is 20.6 Å². The van der Waals surface area contributed by atoms with Crippen LogP contribution in [0, 0.1) is 0 Å². The number of hydrogen-bond acceptors (Lipinski definition) is 3. The van der Waals surface area contributed by atoms with E-state index in [4.69, 9.17) is 5.11 Å². The Kier molecular flexibility index (Phi) is 4.10. The zero-order chi connectivity index (χ0) is 12.1. The van der Waals surface area contributed by atoms with Gasteiger partial charge in [-0.1, -0.05) is 0 Å². The van der Waals surface area contributed by atoms with Crippen LogP contribution >= 0.6 is 0 Å². The molecule has 0 aliphatic carbocycles. The second kappa shape index (κ2) is 5.34. The molecule has 0 aromatic carbocycles. The van der Waals surface area contributed by atoms with Crippen molar-refractivity contribution in [1.29, 1.82) is 0 Å². The maximum absolute atomic E-state index is 11.4. The van der Waals surface area contributed by atoms with E-state index in [9.17, 15) is 14.4 Å². The van der Waals surface area contributed by atoms with Crippen molar-refractivity contribution in [3.05, 3.63) is 0 Å². The molecule has 90 valence electrons. The molecule has 0 aromatic rings. The molecule has 1 atom stereocenters. The number of carboxylic acid groups (broad SMARTS) is 1. The van der Waals surface area contributed by atoms with Crippen LogP contribution in [0.5, 0.6) is 0 Å². The molecule has 1 aliphatic rings. The smallest absolute Gasteiger partial charge is 0.315 e. The lowest BCUT2D eigenvalue weighted by molar-refractivity contribution is -0.136. The van der Waals surface area contributed by atoms with Crippen molar-refractivity contribution in [3.63, 3.8) is 0 Å². The number of rotatable bonds is 4. The molecule has 0 radical (unpaired) electrons. The number of likely N-dealkylation sites (N-methyl/N-ethyl adjacent to an activating group) is 1. The number of urea groups is 1. The van der Waals surface area contributed by atoms with Crippen LogP contribution in [0.15, 0.2) is 0 Å². The zero-order valence-electron chi connectivity index (χ0n) is 9.02. The number of amides is 3. The first-order valence-electron chi connectivity index (χ1n) is 5.02. The van der Waals surface area contributed by atoms with E-state index in [1.54, 1.807) is 11.9 Å². The van der Waals surface area contributed by atoms with Gasteiger partial charge in [-0.2, -0.15) is 0 Å². The molecule has 0 bridgehead atoms. The van der Waals surface area contributed by atoms with Gasteiger partial charge in [0.25, 0.3) is 0 Å². The van der Waals surface area contributed by atoms with Crippen molar-refractivity contribution in [2.45, 2.75) is 18.9 Å². The topological polar surface area (TPSA) is 98.7 Å². The van der Waals surface area contributed by atoms with E-state index in [2.05, 4.69) is 10.6 Å². The summed E-state index contributed by atoms with van der Waals surface area (Å²) in [5.41, 5.74) is 0. The molecule has 1 rings (SSSR count). The van der Waals surface area contributed by atoms with Crippen molar-refractivity contribution < 1.29 is 19.5 Å². The summed E-state index contributed by atoms with van der Waals surface area (Å²) in [4.78, 5) is 34.4. The van der Waals surface area contributed by atoms with Gasteiger partial charge >= 0.3 is 12.0 Å². The van der Waals surface area contributed by atoms with Gasteiger partial charge in [-0.15, -0.1) is 0 Å². The minimum atomic E-state index is -0.975. The normalized spacial score (nSPS) is 19.7. The average Bonchev–Trinajstić information content (AvgIpc) is 2.49. The molecular weight excluding hydrogens is 214 g/mol. The summed E-state index contributed by atoms with van der Waals surface area (Å²) < 4.78 is 0. The van der Waals surface area contributed by atoms with E-state index in [0.29, 0.717) is 13.0 Å². The fraction of sp³-hybridized carbons (Fsp3) is 0.667. The Bertz CT molecular complexity index is 305. The highest BCUT2D eigenvalue weighted by atomic mass is 16.4. The summed E-state index contributed by atoms with van der Waals surface area (Å²) in [6.45, 7) is 0.677. The lowest BCUT2D eigenvalue weighted by atomic mass is 10.2. The molecule has 7 nitrogen and oxygen atoms in total. The van der Waals surface area contributed by atoms with Crippen molar-refractivity contribution in [1.82, 2.24) is 15.5 Å². The molecule has 1 fully saturated rings. The number of hydrogen-bond donors (Lipinski definition) is 3. The van der Waals surface area contributed by atoms with Crippen LogP contribution in [-0.2, 0) is 9.59 Å². The molecule has 0 spiro atoms. The van der Waals surface area contributed by atoms with E-state index >= 15 is 0 Å². The van der Waals surface area contributed by atoms with Gasteiger partial charge in [0.2, 0.25) is 5.91 Å². The Morgan fingerprint density at radius 1 is 1.56 bits per heavy atom. The first-order valence-corrected chi connectivity index (χ1v) is 5.02. The van der Waals surface area contributed by atoms with Gasteiger partial charge in [-0.05, 0) is 6.42 Å². The van der Waals surface area contributed by atoms with Crippen LogP contribution in [0.3, 0.4) is 0 Å². The summed E-state index contributed by atoms with van der Waals surface area (Å²) in [7, 11) is 1.67. The first-order chi connectivity index (χ1) is 7.50. The second-order valence-electron chi connectivity index (χ2n) is 3.65. The quantitative estimate of drug-likeness (QED) is 0.575. The Labute approximate surface area is 92.8 Å². The molecule has 0 aromatic heterocycles. The monoisotopic (exact) mass is 229 g/mol. The van der Waals surface area contributed by atoms with Gasteiger partial charge in [0.1, 0.15) is 6.04 Å². The number of nitrogens with zero attached hydrogens (tertiary/aromatic N) is 1. The summed E-state index contributed by atoms with van der Waals surface area (Å²) in [5.74, 6) is -1.09. The summed E-state index contributed by atoms with van der Waals surface area (Å²) >= 11 is 0. The highest BCUT2D eigenvalue weighted by Crippen LogP contribution is 2.07. The van der Waals surface area contributed by atoms with Crippen molar-refractivity contribution in [2.24, 2.45) is 0 Å². The number of aliphatic carboxylic acids is 1. The molecule has 3 amide bonds. The van der Waals surface area contributed by atoms with Crippen molar-refractivity contribution >= 4 is 17.9 Å². The molecule has 16 heavy (non-hydrogen) atoms. The number of carbonyl (C=O) groups is 3. The summed E-state index contributed by atoms with van der Waals surface area (Å²) in [6.07, 6.45) is 0.452. The number of likely N-dealkylation sites (tertiary alicyclic amines) is 1. The average molecular weight is 229 g/mol. The predicted octanol–water partition coefficient (Wildman–Crippen LogP) is -1.01. The highest BCUT2D eigenvalue weighted by Gasteiger charge is 2.29. The van der Waals surface area contributed by atoms with E-state index in [-0.39, 0.29) is 18.9 Å². The lowest BCUT2D eigenvalue weighted by Crippen LogP contribution is -2.46. The van der Waals surface area contributed by atoms with Crippen molar-refractivity contribution in [2.75, 3.05) is 20.1 Å². The zero-order valence-corrected chi connectivity index (χ0v) is 9.02. The predicted molar refractivity (Wildman–Crippen MR) is 54.8 cm³/mol. The fourth-order valence-electron chi connectivity index (χ4n) is 1.45.